The molecule has 1 aromatic heterocycles. The highest BCUT2D eigenvalue weighted by Crippen LogP contribution is 2.35. The van der Waals surface area contributed by atoms with Crippen LogP contribution in [0.25, 0.3) is 10.9 Å². The Labute approximate surface area is 280 Å². The number of methoxy groups -OCH3 is 1. The number of aliphatic hydroxyl groups is 3. The smallest absolute Gasteiger partial charge is 0.321 e. The maximum Gasteiger partial charge on any atom is 0.321 e. The molecule has 0 saturated carbocycles. The van der Waals surface area contributed by atoms with E-state index in [1.165, 1.54) is 13.4 Å². The van der Waals surface area contributed by atoms with Crippen molar-refractivity contribution in [2.45, 2.75) is 63.9 Å². The predicted octanol–water partition coefficient (Wildman–Crippen LogP) is 2.64. The number of anilines is 2. The van der Waals surface area contributed by atoms with E-state index in [1.54, 1.807) is 21.9 Å². The molecule has 48 heavy (non-hydrogen) atoms. The Morgan fingerprint density at radius 3 is 2.31 bits per heavy atom. The molecular formula is C34H46N6O8. The van der Waals surface area contributed by atoms with E-state index in [4.69, 9.17) is 14.2 Å². The number of carbonyl (C=O) groups is 2. The van der Waals surface area contributed by atoms with Crippen molar-refractivity contribution in [1.82, 2.24) is 19.8 Å². The molecule has 14 heteroatoms. The van der Waals surface area contributed by atoms with Crippen molar-refractivity contribution < 1.29 is 39.1 Å². The van der Waals surface area contributed by atoms with Crippen LogP contribution in [0, 0.1) is 0 Å². The lowest BCUT2D eigenvalue weighted by Crippen LogP contribution is -2.50. The molecule has 2 aliphatic heterocycles. The average molecular weight is 667 g/mol. The van der Waals surface area contributed by atoms with Crippen molar-refractivity contribution >= 4 is 34.3 Å². The summed E-state index contributed by atoms with van der Waals surface area (Å²) >= 11 is 0. The van der Waals surface area contributed by atoms with Gasteiger partial charge in [0.1, 0.15) is 24.5 Å². The number of hydrogen-bond acceptors (Lipinski definition) is 11. The minimum absolute atomic E-state index is 0.0338. The molecule has 0 spiro atoms. The SMILES string of the molecule is COc1cc2c(N3CCN(C(=O)Nc4ccc(OC(C)C)cc4)CC3)ncnc2cc1OCC(O)CC(O)CC(=O)N1CCC(O)CC1. The van der Waals surface area contributed by atoms with Crippen molar-refractivity contribution in [2.75, 3.05) is 63.2 Å². The number of piperazine rings is 1. The van der Waals surface area contributed by atoms with E-state index in [-0.39, 0.29) is 43.6 Å². The molecule has 260 valence electrons. The van der Waals surface area contributed by atoms with Gasteiger partial charge >= 0.3 is 6.03 Å². The lowest BCUT2D eigenvalue weighted by Gasteiger charge is -2.35. The maximum atomic E-state index is 13.0. The maximum absolute atomic E-state index is 13.0. The van der Waals surface area contributed by atoms with Gasteiger partial charge in [-0.05, 0) is 57.0 Å². The molecule has 0 bridgehead atoms. The minimum Gasteiger partial charge on any atom is -0.493 e. The molecule has 3 aromatic rings. The summed E-state index contributed by atoms with van der Waals surface area (Å²) in [5.74, 6) is 2.06. The Morgan fingerprint density at radius 2 is 1.65 bits per heavy atom. The predicted molar refractivity (Wildman–Crippen MR) is 180 cm³/mol. The summed E-state index contributed by atoms with van der Waals surface area (Å²) in [6, 6.07) is 10.6. The third-order valence-electron chi connectivity index (χ3n) is 8.45. The van der Waals surface area contributed by atoms with Crippen LogP contribution >= 0.6 is 0 Å². The van der Waals surface area contributed by atoms with E-state index in [0.29, 0.717) is 80.6 Å². The van der Waals surface area contributed by atoms with Gasteiger partial charge in [0.15, 0.2) is 11.5 Å². The number of rotatable bonds is 12. The van der Waals surface area contributed by atoms with Gasteiger partial charge in [0, 0.05) is 62.8 Å². The summed E-state index contributed by atoms with van der Waals surface area (Å²) in [5, 5.41) is 34.3. The van der Waals surface area contributed by atoms with Gasteiger partial charge in [-0.1, -0.05) is 0 Å². The number of aromatic nitrogens is 2. The number of benzene rings is 2. The van der Waals surface area contributed by atoms with Gasteiger partial charge in [-0.3, -0.25) is 4.79 Å². The molecule has 2 fully saturated rings. The summed E-state index contributed by atoms with van der Waals surface area (Å²) in [4.78, 5) is 39.9. The Hall–Kier alpha value is -4.40. The van der Waals surface area contributed by atoms with E-state index >= 15 is 0 Å². The summed E-state index contributed by atoms with van der Waals surface area (Å²) in [6.07, 6.45) is 0.0244. The van der Waals surface area contributed by atoms with Crippen LogP contribution in [-0.4, -0.2) is 124 Å². The van der Waals surface area contributed by atoms with E-state index in [2.05, 4.69) is 20.2 Å². The van der Waals surface area contributed by atoms with Gasteiger partial charge in [0.2, 0.25) is 5.91 Å². The number of nitrogens with one attached hydrogen (secondary N) is 1. The van der Waals surface area contributed by atoms with Gasteiger partial charge in [0.05, 0.1) is 43.5 Å². The van der Waals surface area contributed by atoms with Gasteiger partial charge in [0.25, 0.3) is 0 Å². The van der Waals surface area contributed by atoms with Crippen LogP contribution in [0.5, 0.6) is 17.2 Å². The van der Waals surface area contributed by atoms with E-state index in [9.17, 15) is 24.9 Å². The summed E-state index contributed by atoms with van der Waals surface area (Å²) in [7, 11) is 1.52. The highest BCUT2D eigenvalue weighted by molar-refractivity contribution is 5.92. The second-order valence-electron chi connectivity index (χ2n) is 12.5. The number of hydrogen-bond donors (Lipinski definition) is 4. The van der Waals surface area contributed by atoms with Crippen molar-refractivity contribution in [1.29, 1.82) is 0 Å². The van der Waals surface area contributed by atoms with E-state index in [1.807, 2.05) is 38.1 Å². The van der Waals surface area contributed by atoms with Crippen LogP contribution in [0.4, 0.5) is 16.3 Å². The molecule has 0 radical (unpaired) electrons. The molecule has 2 saturated heterocycles. The number of likely N-dealkylation sites (tertiary alicyclic amines) is 1. The Balaban J connectivity index is 1.14. The average Bonchev–Trinajstić information content (AvgIpc) is 3.07. The van der Waals surface area contributed by atoms with E-state index < -0.39 is 12.2 Å². The highest BCUT2D eigenvalue weighted by atomic mass is 16.5. The number of fused-ring (bicyclic) bond motifs is 1. The van der Waals surface area contributed by atoms with Crippen molar-refractivity contribution in [3.63, 3.8) is 0 Å². The molecule has 2 aliphatic rings. The van der Waals surface area contributed by atoms with Gasteiger partial charge in [-0.2, -0.15) is 0 Å². The normalized spacial score (nSPS) is 16.9. The second-order valence-corrected chi connectivity index (χ2v) is 12.5. The minimum atomic E-state index is -1.03. The second kappa shape index (κ2) is 16.1. The summed E-state index contributed by atoms with van der Waals surface area (Å²) in [6.45, 7) is 6.86. The first-order valence-electron chi connectivity index (χ1n) is 16.4. The van der Waals surface area contributed by atoms with E-state index in [0.717, 1.165) is 11.1 Å². The monoisotopic (exact) mass is 666 g/mol. The molecule has 14 nitrogen and oxygen atoms in total. The fourth-order valence-corrected chi connectivity index (χ4v) is 5.88. The van der Waals surface area contributed by atoms with Crippen LogP contribution in [0.2, 0.25) is 0 Å². The number of aliphatic hydroxyl groups excluding tert-OH is 3. The first kappa shape index (κ1) is 34.9. The number of nitrogens with zero attached hydrogens (tertiary/aromatic N) is 5. The van der Waals surface area contributed by atoms with Crippen LogP contribution in [0.3, 0.4) is 0 Å². The zero-order valence-corrected chi connectivity index (χ0v) is 27.7. The van der Waals surface area contributed by atoms with Crippen molar-refractivity contribution in [2.24, 2.45) is 0 Å². The largest absolute Gasteiger partial charge is 0.493 e. The molecule has 5 rings (SSSR count). The zero-order chi connectivity index (χ0) is 34.2. The fourth-order valence-electron chi connectivity index (χ4n) is 5.88. The molecule has 3 amide bonds. The van der Waals surface area contributed by atoms with Gasteiger partial charge in [-0.25, -0.2) is 14.8 Å². The van der Waals surface area contributed by atoms with Crippen LogP contribution < -0.4 is 24.4 Å². The number of amides is 3. The molecule has 2 aromatic carbocycles. The molecule has 4 N–H and O–H groups in total. The molecule has 0 aliphatic carbocycles. The van der Waals surface area contributed by atoms with Crippen LogP contribution in [0.1, 0.15) is 39.5 Å². The number of ether oxygens (including phenoxy) is 3. The zero-order valence-electron chi connectivity index (χ0n) is 27.7. The third kappa shape index (κ3) is 9.14. The first-order chi connectivity index (χ1) is 23.1. The quantitative estimate of drug-likeness (QED) is 0.224. The molecule has 2 atom stereocenters. The fraction of sp³-hybridized carbons (Fsp3) is 0.529. The third-order valence-corrected chi connectivity index (χ3v) is 8.45. The molecule has 2 unspecified atom stereocenters. The standard InChI is InChI=1S/C34H46N6O8/c1-22(2)48-27-6-4-23(5-7-27)37-34(45)40-14-12-39(13-15-40)33-28-18-30(46-3)31(19-29(28)35-21-36-33)47-20-26(43)16-25(42)17-32(44)38-10-8-24(41)9-11-38/h4-7,18-19,21-22,24-26,41-43H,8-17,20H2,1-3H3,(H,37,45). The topological polar surface area (TPSA) is 170 Å². The van der Waals surface area contributed by atoms with Crippen LogP contribution in [0.15, 0.2) is 42.7 Å². The summed E-state index contributed by atoms with van der Waals surface area (Å²) < 4.78 is 17.2. The van der Waals surface area contributed by atoms with Crippen molar-refractivity contribution in [3.8, 4) is 17.2 Å². The first-order valence-corrected chi connectivity index (χ1v) is 16.4. The van der Waals surface area contributed by atoms with Crippen LogP contribution in [-0.2, 0) is 4.79 Å². The number of carbonyl (C=O) groups excluding carboxylic acids is 2. The molecular weight excluding hydrogens is 620 g/mol. The Bertz CT molecular complexity index is 1520. The van der Waals surface area contributed by atoms with Gasteiger partial charge < -0.3 is 49.5 Å². The number of piperidine rings is 1. The number of urea groups is 1. The van der Waals surface area contributed by atoms with Crippen molar-refractivity contribution in [3.05, 3.63) is 42.7 Å². The lowest BCUT2D eigenvalue weighted by atomic mass is 10.1. The summed E-state index contributed by atoms with van der Waals surface area (Å²) in [5.41, 5.74) is 1.31. The molecule has 3 heterocycles. The van der Waals surface area contributed by atoms with Gasteiger partial charge in [-0.15, -0.1) is 0 Å². The lowest BCUT2D eigenvalue weighted by molar-refractivity contribution is -0.135. The Morgan fingerprint density at radius 1 is 0.938 bits per heavy atom. The highest BCUT2D eigenvalue weighted by Gasteiger charge is 2.26. The Kier molecular flexibility index (Phi) is 11.7.